The summed E-state index contributed by atoms with van der Waals surface area (Å²) in [6, 6.07) is 0. The molecular formula is C2H10ClO10PS. The van der Waals surface area contributed by atoms with Gasteiger partial charge in [0, 0.05) is 6.92 Å². The molecule has 0 aromatic heterocycles. The van der Waals surface area contributed by atoms with Gasteiger partial charge in [0.15, 0.2) is 0 Å². The fourth-order valence-corrected chi connectivity index (χ4v) is 0. The lowest BCUT2D eigenvalue weighted by Crippen LogP contribution is -1.89. The lowest BCUT2D eigenvalue weighted by molar-refractivity contribution is -0.134. The summed E-state index contributed by atoms with van der Waals surface area (Å²) in [5, 5.41) is 7.42. The van der Waals surface area contributed by atoms with Gasteiger partial charge in [-0.2, -0.15) is 8.42 Å². The van der Waals surface area contributed by atoms with Gasteiger partial charge in [-0.1, -0.05) is 0 Å². The summed E-state index contributed by atoms with van der Waals surface area (Å²) >= 11 is 0. The summed E-state index contributed by atoms with van der Waals surface area (Å²) in [4.78, 5) is 30.6. The van der Waals surface area contributed by atoms with Crippen LogP contribution in [-0.2, 0) is 19.8 Å². The maximum absolute atomic E-state index is 9.00. The first-order chi connectivity index (χ1) is 5.73. The molecule has 0 saturated carbocycles. The molecule has 0 heterocycles. The predicted octanol–water partition coefficient (Wildman–Crippen LogP) is -1.07. The fourth-order valence-electron chi connectivity index (χ4n) is 0. The van der Waals surface area contributed by atoms with Gasteiger partial charge in [-0.05, 0) is 0 Å². The van der Waals surface area contributed by atoms with E-state index in [1.54, 1.807) is 0 Å². The number of carbonyl (C=O) groups is 1. The molecule has 6 N–H and O–H groups in total. The Balaban J connectivity index is -0.0000000590. The molecule has 0 aromatic rings. The standard InChI is InChI=1S/C2H4O2.ClH.H3O4P.H2O4S/c1-2(3)4;;2*1-5(2,3)4/h1H3,(H,3,4);1H;(H3,1,2,3,4);(H2,1,2,3,4). The van der Waals surface area contributed by atoms with Crippen molar-refractivity contribution >= 4 is 36.6 Å². The molecule has 0 aliphatic heterocycles. The Labute approximate surface area is 90.8 Å². The normalized spacial score (nSPS) is 9.47. The second-order valence-electron chi connectivity index (χ2n) is 1.48. The van der Waals surface area contributed by atoms with E-state index >= 15 is 0 Å². The molecular weight excluding hydrogens is 283 g/mol. The third-order valence-electron chi connectivity index (χ3n) is 0. The van der Waals surface area contributed by atoms with Crippen LogP contribution < -0.4 is 0 Å². The van der Waals surface area contributed by atoms with Crippen molar-refractivity contribution < 1.29 is 46.7 Å². The average molecular weight is 293 g/mol. The average Bonchev–Trinajstić information content (AvgIpc) is 1.45. The van der Waals surface area contributed by atoms with Crippen LogP contribution in [0.25, 0.3) is 0 Å². The first-order valence-corrected chi connectivity index (χ1v) is 5.37. The van der Waals surface area contributed by atoms with Crippen LogP contribution in [0.5, 0.6) is 0 Å². The Morgan fingerprint density at radius 2 is 1.13 bits per heavy atom. The molecule has 0 saturated heterocycles. The molecule has 0 atom stereocenters. The molecule has 0 aromatic carbocycles. The zero-order valence-electron chi connectivity index (χ0n) is 7.08. The van der Waals surface area contributed by atoms with Gasteiger partial charge in [-0.25, -0.2) is 4.57 Å². The molecule has 0 radical (unpaired) electrons. The molecule has 0 aliphatic carbocycles. The highest BCUT2D eigenvalue weighted by Crippen LogP contribution is 2.25. The Morgan fingerprint density at radius 3 is 1.13 bits per heavy atom. The number of aliphatic carboxylic acids is 1. The minimum Gasteiger partial charge on any atom is -0.481 e. The summed E-state index contributed by atoms with van der Waals surface area (Å²) in [6.07, 6.45) is 0. The van der Waals surface area contributed by atoms with Gasteiger partial charge < -0.3 is 19.8 Å². The van der Waals surface area contributed by atoms with Gasteiger partial charge in [0.05, 0.1) is 0 Å². The van der Waals surface area contributed by atoms with E-state index in [2.05, 4.69) is 0 Å². The lowest BCUT2D eigenvalue weighted by Gasteiger charge is -1.82. The highest BCUT2D eigenvalue weighted by atomic mass is 35.5. The zero-order chi connectivity index (χ0) is 12.6. The summed E-state index contributed by atoms with van der Waals surface area (Å²) in [6.45, 7) is 1.08. The van der Waals surface area contributed by atoms with Crippen LogP contribution in [-0.4, -0.2) is 43.3 Å². The second kappa shape index (κ2) is 10.3. The minimum atomic E-state index is -4.67. The van der Waals surface area contributed by atoms with Crippen LogP contribution in [0.1, 0.15) is 6.92 Å². The van der Waals surface area contributed by atoms with Crippen molar-refractivity contribution in [3.05, 3.63) is 0 Å². The van der Waals surface area contributed by atoms with Gasteiger partial charge in [0.25, 0.3) is 5.97 Å². The summed E-state index contributed by atoms with van der Waals surface area (Å²) in [5.74, 6) is -0.833. The fraction of sp³-hybridized carbons (Fsp3) is 0.500. The summed E-state index contributed by atoms with van der Waals surface area (Å²) in [7, 11) is -9.31. The van der Waals surface area contributed by atoms with Crippen LogP contribution in [0.2, 0.25) is 0 Å². The van der Waals surface area contributed by atoms with Crippen LogP contribution in [0.15, 0.2) is 0 Å². The smallest absolute Gasteiger partial charge is 0.466 e. The van der Waals surface area contributed by atoms with E-state index in [4.69, 9.17) is 46.7 Å². The highest BCUT2D eigenvalue weighted by Gasteiger charge is 2.00. The molecule has 0 bridgehead atoms. The van der Waals surface area contributed by atoms with Crippen molar-refractivity contribution in [1.82, 2.24) is 0 Å². The van der Waals surface area contributed by atoms with Crippen molar-refractivity contribution in [2.24, 2.45) is 0 Å². The van der Waals surface area contributed by atoms with E-state index in [9.17, 15) is 0 Å². The van der Waals surface area contributed by atoms with Crippen molar-refractivity contribution in [3.63, 3.8) is 0 Å². The minimum absolute atomic E-state index is 0. The maximum atomic E-state index is 9.00. The van der Waals surface area contributed by atoms with Crippen molar-refractivity contribution in [1.29, 1.82) is 0 Å². The van der Waals surface area contributed by atoms with E-state index < -0.39 is 24.2 Å². The Bertz CT molecular complexity index is 268. The van der Waals surface area contributed by atoms with Crippen molar-refractivity contribution in [2.75, 3.05) is 0 Å². The van der Waals surface area contributed by atoms with Gasteiger partial charge in [-0.15, -0.1) is 12.4 Å². The molecule has 0 amide bonds. The number of halogens is 1. The number of rotatable bonds is 0. The first kappa shape index (κ1) is 24.1. The van der Waals surface area contributed by atoms with Gasteiger partial charge >= 0.3 is 18.2 Å². The Hall–Kier alpha value is -0.260. The second-order valence-corrected chi connectivity index (χ2v) is 3.40. The molecule has 96 valence electrons. The molecule has 13 heteroatoms. The summed E-state index contributed by atoms with van der Waals surface area (Å²) in [5.41, 5.74) is 0. The first-order valence-electron chi connectivity index (χ1n) is 2.41. The topological polar surface area (TPSA) is 190 Å². The number of carboxylic acid groups (broad SMARTS) is 1. The largest absolute Gasteiger partial charge is 0.481 e. The predicted molar refractivity (Wildman–Crippen MR) is 49.0 cm³/mol. The van der Waals surface area contributed by atoms with Gasteiger partial charge in [-0.3, -0.25) is 13.9 Å². The van der Waals surface area contributed by atoms with E-state index in [1.165, 1.54) is 0 Å². The molecule has 15 heavy (non-hydrogen) atoms. The number of carboxylic acids is 1. The number of hydrogen-bond acceptors (Lipinski definition) is 4. The van der Waals surface area contributed by atoms with E-state index in [1.807, 2.05) is 0 Å². The lowest BCUT2D eigenvalue weighted by atomic mass is 10.9. The molecule has 0 unspecified atom stereocenters. The van der Waals surface area contributed by atoms with E-state index in [0.717, 1.165) is 6.92 Å². The quantitative estimate of drug-likeness (QED) is 0.237. The third-order valence-corrected chi connectivity index (χ3v) is 0. The van der Waals surface area contributed by atoms with Gasteiger partial charge in [0.2, 0.25) is 0 Å². The molecule has 0 fully saturated rings. The maximum Gasteiger partial charge on any atom is 0.466 e. The Morgan fingerprint density at radius 1 is 1.13 bits per heavy atom. The molecule has 0 rings (SSSR count). The highest BCUT2D eigenvalue weighted by molar-refractivity contribution is 7.79. The van der Waals surface area contributed by atoms with E-state index in [-0.39, 0.29) is 12.4 Å². The van der Waals surface area contributed by atoms with Crippen LogP contribution in [0, 0.1) is 0 Å². The zero-order valence-corrected chi connectivity index (χ0v) is 9.61. The van der Waals surface area contributed by atoms with Crippen LogP contribution in [0.4, 0.5) is 0 Å². The molecule has 0 spiro atoms. The van der Waals surface area contributed by atoms with Crippen molar-refractivity contribution in [2.45, 2.75) is 6.92 Å². The number of phosphoric acid groups is 1. The summed E-state index contributed by atoms with van der Waals surface area (Å²) < 4.78 is 40.5. The molecule has 10 nitrogen and oxygen atoms in total. The molecule has 0 aliphatic rings. The van der Waals surface area contributed by atoms with Crippen LogP contribution >= 0.6 is 20.2 Å². The third kappa shape index (κ3) is 28000. The van der Waals surface area contributed by atoms with Crippen LogP contribution in [0.3, 0.4) is 0 Å². The SMILES string of the molecule is CC(=O)O.Cl.O=P(O)(O)O.O=S(=O)(O)O. The monoisotopic (exact) mass is 292 g/mol. The Kier molecular flexibility index (Phi) is 16.5. The van der Waals surface area contributed by atoms with E-state index in [0.29, 0.717) is 0 Å². The number of hydrogen-bond donors (Lipinski definition) is 6. The van der Waals surface area contributed by atoms with Crippen molar-refractivity contribution in [3.8, 4) is 0 Å². The van der Waals surface area contributed by atoms with Gasteiger partial charge in [0.1, 0.15) is 0 Å².